The van der Waals surface area contributed by atoms with E-state index < -0.39 is 0 Å². The van der Waals surface area contributed by atoms with E-state index in [2.05, 4.69) is 23.3 Å². The van der Waals surface area contributed by atoms with Crippen LogP contribution in [0, 0.1) is 12.7 Å². The molecular formula is C22H20FN3OS. The maximum Gasteiger partial charge on any atom is 0.163 e. The lowest BCUT2D eigenvalue weighted by molar-refractivity contribution is 0.475. The minimum Gasteiger partial charge on any atom is -0.508 e. The topological polar surface area (TPSA) is 58.0 Å². The average molecular weight is 393 g/mol. The summed E-state index contributed by atoms with van der Waals surface area (Å²) in [6.07, 6.45) is 1.85. The summed E-state index contributed by atoms with van der Waals surface area (Å²) in [6.45, 7) is 2.82. The lowest BCUT2D eigenvalue weighted by Gasteiger charge is -2.09. The highest BCUT2D eigenvalue weighted by molar-refractivity contribution is 7.18. The van der Waals surface area contributed by atoms with E-state index in [0.717, 1.165) is 41.0 Å². The molecule has 4 nitrogen and oxygen atoms in total. The first-order valence-electron chi connectivity index (χ1n) is 9.14. The van der Waals surface area contributed by atoms with Crippen molar-refractivity contribution in [1.82, 2.24) is 9.97 Å². The van der Waals surface area contributed by atoms with Crippen LogP contribution in [0.2, 0.25) is 0 Å². The van der Waals surface area contributed by atoms with Crippen LogP contribution >= 0.6 is 11.3 Å². The number of phenolic OH excluding ortho intramolecular Hbond substituents is 1. The summed E-state index contributed by atoms with van der Waals surface area (Å²) >= 11 is 1.63. The Kier molecular flexibility index (Phi) is 5.21. The molecule has 0 radical (unpaired) electrons. The van der Waals surface area contributed by atoms with E-state index >= 15 is 0 Å². The zero-order chi connectivity index (χ0) is 19.5. The number of hydrogen-bond donors (Lipinski definition) is 2. The zero-order valence-electron chi connectivity index (χ0n) is 15.4. The number of aromatic hydroxyl groups is 1. The van der Waals surface area contributed by atoms with Gasteiger partial charge in [0.2, 0.25) is 0 Å². The van der Waals surface area contributed by atoms with Gasteiger partial charge in [-0.3, -0.25) is 0 Å². The Balaban J connectivity index is 1.53. The maximum absolute atomic E-state index is 13.2. The van der Waals surface area contributed by atoms with Gasteiger partial charge >= 0.3 is 0 Å². The number of benzene rings is 2. The summed E-state index contributed by atoms with van der Waals surface area (Å²) in [4.78, 5) is 11.5. The van der Waals surface area contributed by atoms with E-state index in [0.29, 0.717) is 5.82 Å². The number of hydrogen-bond acceptors (Lipinski definition) is 5. The number of aryl methyl sites for hydroxylation is 2. The first-order chi connectivity index (χ1) is 13.6. The largest absolute Gasteiger partial charge is 0.508 e. The molecule has 0 unspecified atom stereocenters. The van der Waals surface area contributed by atoms with Crippen LogP contribution in [0.1, 0.15) is 16.9 Å². The third-order valence-corrected chi connectivity index (χ3v) is 5.43. The highest BCUT2D eigenvalue weighted by Crippen LogP contribution is 2.31. The number of phenols is 1. The second-order valence-electron chi connectivity index (χ2n) is 6.68. The number of thiophene rings is 1. The molecule has 0 saturated carbocycles. The van der Waals surface area contributed by atoms with Crippen LogP contribution < -0.4 is 5.32 Å². The Morgan fingerprint density at radius 2 is 1.79 bits per heavy atom. The van der Waals surface area contributed by atoms with Crippen LogP contribution in [0.25, 0.3) is 21.6 Å². The summed E-state index contributed by atoms with van der Waals surface area (Å²) in [6, 6.07) is 15.6. The van der Waals surface area contributed by atoms with Gasteiger partial charge in [-0.15, -0.1) is 11.3 Å². The minimum atomic E-state index is -0.274. The molecule has 0 atom stereocenters. The molecule has 0 fully saturated rings. The fourth-order valence-corrected chi connectivity index (χ4v) is 3.95. The summed E-state index contributed by atoms with van der Waals surface area (Å²) < 4.78 is 13.2. The van der Waals surface area contributed by atoms with Gasteiger partial charge in [-0.1, -0.05) is 12.1 Å². The predicted molar refractivity (Wildman–Crippen MR) is 112 cm³/mol. The van der Waals surface area contributed by atoms with Crippen molar-refractivity contribution < 1.29 is 9.50 Å². The molecule has 0 saturated heterocycles. The van der Waals surface area contributed by atoms with Crippen molar-refractivity contribution in [1.29, 1.82) is 0 Å². The van der Waals surface area contributed by atoms with Gasteiger partial charge in [0.1, 0.15) is 22.2 Å². The minimum absolute atomic E-state index is 0.274. The number of anilines is 1. The first-order valence-corrected chi connectivity index (χ1v) is 9.96. The highest BCUT2D eigenvalue weighted by Gasteiger charge is 2.12. The van der Waals surface area contributed by atoms with Gasteiger partial charge in [0, 0.05) is 17.0 Å². The van der Waals surface area contributed by atoms with Gasteiger partial charge in [0.05, 0.1) is 5.39 Å². The Morgan fingerprint density at radius 3 is 2.54 bits per heavy atom. The number of nitrogens with one attached hydrogen (secondary N) is 1. The molecule has 142 valence electrons. The van der Waals surface area contributed by atoms with E-state index in [-0.39, 0.29) is 11.6 Å². The summed E-state index contributed by atoms with van der Waals surface area (Å²) in [7, 11) is 0. The van der Waals surface area contributed by atoms with Gasteiger partial charge in [-0.25, -0.2) is 14.4 Å². The number of fused-ring (bicyclic) bond motifs is 1. The molecule has 0 bridgehead atoms. The Morgan fingerprint density at radius 1 is 1.04 bits per heavy atom. The van der Waals surface area contributed by atoms with Crippen molar-refractivity contribution in [2.45, 2.75) is 19.8 Å². The van der Waals surface area contributed by atoms with Crippen molar-refractivity contribution >= 4 is 27.4 Å². The molecule has 0 amide bonds. The van der Waals surface area contributed by atoms with E-state index in [1.165, 1.54) is 22.6 Å². The molecule has 0 aliphatic rings. The molecule has 28 heavy (non-hydrogen) atoms. The van der Waals surface area contributed by atoms with Crippen LogP contribution in [0.5, 0.6) is 5.75 Å². The molecule has 2 aromatic carbocycles. The molecule has 6 heteroatoms. The summed E-state index contributed by atoms with van der Waals surface area (Å²) in [5.74, 6) is 1.41. The zero-order valence-corrected chi connectivity index (χ0v) is 16.3. The van der Waals surface area contributed by atoms with Gasteiger partial charge in [0.25, 0.3) is 0 Å². The van der Waals surface area contributed by atoms with Gasteiger partial charge in [0.15, 0.2) is 5.82 Å². The lowest BCUT2D eigenvalue weighted by Crippen LogP contribution is -2.06. The molecule has 4 rings (SSSR count). The Hall–Kier alpha value is -2.99. The molecule has 0 aliphatic carbocycles. The molecule has 2 aromatic heterocycles. The number of nitrogens with zero attached hydrogens (tertiary/aromatic N) is 2. The summed E-state index contributed by atoms with van der Waals surface area (Å²) in [5, 5.41) is 13.8. The second-order valence-corrected chi connectivity index (χ2v) is 7.91. The smallest absolute Gasteiger partial charge is 0.163 e. The van der Waals surface area contributed by atoms with Gasteiger partial charge in [-0.05, 0) is 67.8 Å². The quantitative estimate of drug-likeness (QED) is 0.421. The van der Waals surface area contributed by atoms with Crippen LogP contribution in [0.15, 0.2) is 54.6 Å². The average Bonchev–Trinajstić information content (AvgIpc) is 3.07. The highest BCUT2D eigenvalue weighted by atomic mass is 32.1. The van der Waals surface area contributed by atoms with Crippen molar-refractivity contribution in [3.05, 3.63) is 70.9 Å². The van der Waals surface area contributed by atoms with Crippen molar-refractivity contribution in [2.24, 2.45) is 0 Å². The van der Waals surface area contributed by atoms with E-state index in [4.69, 9.17) is 4.98 Å². The number of halogens is 1. The SMILES string of the molecule is Cc1cc2c(NCCCc3ccc(O)cc3)nc(-c3ccc(F)cc3)nc2s1. The van der Waals surface area contributed by atoms with E-state index in [1.54, 1.807) is 35.6 Å². The van der Waals surface area contributed by atoms with Crippen molar-refractivity contribution in [2.75, 3.05) is 11.9 Å². The molecule has 4 aromatic rings. The van der Waals surface area contributed by atoms with Gasteiger partial charge in [-0.2, -0.15) is 0 Å². The van der Waals surface area contributed by atoms with Gasteiger partial charge < -0.3 is 10.4 Å². The second kappa shape index (κ2) is 7.94. The van der Waals surface area contributed by atoms with Crippen LogP contribution in [-0.2, 0) is 6.42 Å². The van der Waals surface area contributed by atoms with E-state index in [9.17, 15) is 9.50 Å². The molecule has 0 aliphatic heterocycles. The molecule has 2 N–H and O–H groups in total. The first kappa shape index (κ1) is 18.4. The Bertz CT molecular complexity index is 1090. The fourth-order valence-electron chi connectivity index (χ4n) is 3.07. The van der Waals surface area contributed by atoms with Crippen LogP contribution in [0.4, 0.5) is 10.2 Å². The van der Waals surface area contributed by atoms with Crippen LogP contribution in [0.3, 0.4) is 0 Å². The van der Waals surface area contributed by atoms with Crippen molar-refractivity contribution in [3.8, 4) is 17.1 Å². The molecule has 0 spiro atoms. The van der Waals surface area contributed by atoms with E-state index in [1.807, 2.05) is 12.1 Å². The third kappa shape index (κ3) is 4.12. The Labute approximate surface area is 166 Å². The summed E-state index contributed by atoms with van der Waals surface area (Å²) in [5.41, 5.74) is 1.98. The maximum atomic E-state index is 13.2. The number of aromatic nitrogens is 2. The third-order valence-electron chi connectivity index (χ3n) is 4.49. The van der Waals surface area contributed by atoms with Crippen LogP contribution in [-0.4, -0.2) is 21.6 Å². The fraction of sp³-hybridized carbons (Fsp3) is 0.182. The standard InChI is InChI=1S/C22H20FN3OS/c1-14-13-19-21(24-12-2-3-15-4-10-18(27)11-5-15)25-20(26-22(19)28-14)16-6-8-17(23)9-7-16/h4-11,13,27H,2-3,12H2,1H3,(H,24,25,26). The monoisotopic (exact) mass is 393 g/mol. The normalized spacial score (nSPS) is 11.1. The molecular weight excluding hydrogens is 373 g/mol. The lowest BCUT2D eigenvalue weighted by atomic mass is 10.1. The number of rotatable bonds is 6. The van der Waals surface area contributed by atoms with Crippen molar-refractivity contribution in [3.63, 3.8) is 0 Å². The molecule has 2 heterocycles. The predicted octanol–water partition coefficient (Wildman–Crippen LogP) is 5.56.